The summed E-state index contributed by atoms with van der Waals surface area (Å²) >= 11 is 0. The molecule has 0 radical (unpaired) electrons. The number of benzene rings is 1. The van der Waals surface area contributed by atoms with Gasteiger partial charge in [0.15, 0.2) is 0 Å². The maximum Gasteiger partial charge on any atom is 0.126 e. The quantitative estimate of drug-likeness (QED) is 0.823. The minimum atomic E-state index is -0.495. The molecule has 0 atom stereocenters. The van der Waals surface area contributed by atoms with Crippen LogP contribution in [0.5, 0.6) is 0 Å². The second-order valence-corrected chi connectivity index (χ2v) is 4.56. The zero-order chi connectivity index (χ0) is 12.5. The SMILES string of the molecule is CC(C)(N)c1ncc(-c2cccc(C#N)c2)[nH]1. The van der Waals surface area contributed by atoms with Gasteiger partial charge in [-0.15, -0.1) is 0 Å². The summed E-state index contributed by atoms with van der Waals surface area (Å²) in [5.41, 5.74) is 7.90. The van der Waals surface area contributed by atoms with Crippen LogP contribution >= 0.6 is 0 Å². The molecule has 2 rings (SSSR count). The fourth-order valence-electron chi connectivity index (χ4n) is 1.55. The highest BCUT2D eigenvalue weighted by molar-refractivity contribution is 5.60. The van der Waals surface area contributed by atoms with Gasteiger partial charge in [-0.05, 0) is 26.0 Å². The number of aromatic amines is 1. The van der Waals surface area contributed by atoms with E-state index in [4.69, 9.17) is 11.0 Å². The average Bonchev–Trinajstić information content (AvgIpc) is 2.78. The summed E-state index contributed by atoms with van der Waals surface area (Å²) in [6, 6.07) is 9.49. The molecular formula is C13H14N4. The molecule has 0 fully saturated rings. The normalized spacial score (nSPS) is 11.2. The molecule has 3 N–H and O–H groups in total. The summed E-state index contributed by atoms with van der Waals surface area (Å²) < 4.78 is 0. The Morgan fingerprint density at radius 2 is 2.18 bits per heavy atom. The van der Waals surface area contributed by atoms with Gasteiger partial charge in [0.1, 0.15) is 5.82 Å². The smallest absolute Gasteiger partial charge is 0.126 e. The number of H-pyrrole nitrogens is 1. The Bertz CT molecular complexity index is 570. The Kier molecular flexibility index (Phi) is 2.70. The molecular weight excluding hydrogens is 212 g/mol. The molecule has 0 unspecified atom stereocenters. The maximum atomic E-state index is 8.85. The van der Waals surface area contributed by atoms with Gasteiger partial charge in [0.25, 0.3) is 0 Å². The van der Waals surface area contributed by atoms with Gasteiger partial charge in [-0.3, -0.25) is 0 Å². The summed E-state index contributed by atoms with van der Waals surface area (Å²) in [5, 5.41) is 8.85. The van der Waals surface area contributed by atoms with E-state index in [1.54, 1.807) is 12.3 Å². The molecule has 4 nitrogen and oxygen atoms in total. The summed E-state index contributed by atoms with van der Waals surface area (Å²) in [6.45, 7) is 3.78. The molecule has 0 spiro atoms. The Balaban J connectivity index is 2.41. The van der Waals surface area contributed by atoms with Crippen molar-refractivity contribution in [1.29, 1.82) is 5.26 Å². The highest BCUT2D eigenvalue weighted by Crippen LogP contribution is 2.21. The molecule has 0 aliphatic heterocycles. The van der Waals surface area contributed by atoms with E-state index in [-0.39, 0.29) is 0 Å². The van der Waals surface area contributed by atoms with Crippen LogP contribution in [0.2, 0.25) is 0 Å². The van der Waals surface area contributed by atoms with Crippen molar-refractivity contribution in [3.63, 3.8) is 0 Å². The third kappa shape index (κ3) is 2.35. The molecule has 1 heterocycles. The van der Waals surface area contributed by atoms with Crippen LogP contribution in [0.25, 0.3) is 11.3 Å². The van der Waals surface area contributed by atoms with Gasteiger partial charge in [0.2, 0.25) is 0 Å². The number of nitriles is 1. The number of hydrogen-bond acceptors (Lipinski definition) is 3. The van der Waals surface area contributed by atoms with Gasteiger partial charge in [-0.1, -0.05) is 12.1 Å². The lowest BCUT2D eigenvalue weighted by molar-refractivity contribution is 0.520. The standard InChI is InChI=1S/C13H14N4/c1-13(2,15)12-16-8-11(17-12)10-5-3-4-9(6-10)7-14/h3-6,8H,15H2,1-2H3,(H,16,17). The van der Waals surface area contributed by atoms with Crippen molar-refractivity contribution < 1.29 is 0 Å². The van der Waals surface area contributed by atoms with Gasteiger partial charge >= 0.3 is 0 Å². The van der Waals surface area contributed by atoms with Crippen LogP contribution in [-0.2, 0) is 5.54 Å². The Morgan fingerprint density at radius 3 is 2.76 bits per heavy atom. The van der Waals surface area contributed by atoms with Crippen molar-refractivity contribution >= 4 is 0 Å². The topological polar surface area (TPSA) is 78.5 Å². The number of nitrogens with one attached hydrogen (secondary N) is 1. The van der Waals surface area contributed by atoms with E-state index in [2.05, 4.69) is 16.0 Å². The average molecular weight is 226 g/mol. The number of nitrogens with zero attached hydrogens (tertiary/aromatic N) is 2. The predicted molar refractivity (Wildman–Crippen MR) is 66.0 cm³/mol. The van der Waals surface area contributed by atoms with Crippen LogP contribution in [0.15, 0.2) is 30.5 Å². The largest absolute Gasteiger partial charge is 0.340 e. The minimum absolute atomic E-state index is 0.495. The van der Waals surface area contributed by atoms with Crippen molar-refractivity contribution in [2.24, 2.45) is 5.73 Å². The third-order valence-electron chi connectivity index (χ3n) is 2.49. The van der Waals surface area contributed by atoms with E-state index >= 15 is 0 Å². The number of imidazole rings is 1. The summed E-state index contributed by atoms with van der Waals surface area (Å²) in [4.78, 5) is 7.43. The van der Waals surface area contributed by atoms with Crippen LogP contribution in [-0.4, -0.2) is 9.97 Å². The van der Waals surface area contributed by atoms with Crippen molar-refractivity contribution in [3.8, 4) is 17.3 Å². The van der Waals surface area contributed by atoms with Crippen molar-refractivity contribution in [3.05, 3.63) is 41.9 Å². The van der Waals surface area contributed by atoms with Crippen LogP contribution in [0.4, 0.5) is 0 Å². The first-order valence-electron chi connectivity index (χ1n) is 5.35. The molecule has 17 heavy (non-hydrogen) atoms. The summed E-state index contributed by atoms with van der Waals surface area (Å²) in [7, 11) is 0. The van der Waals surface area contributed by atoms with E-state index in [0.29, 0.717) is 5.56 Å². The number of aromatic nitrogens is 2. The minimum Gasteiger partial charge on any atom is -0.340 e. The lowest BCUT2D eigenvalue weighted by Crippen LogP contribution is -2.30. The first-order chi connectivity index (χ1) is 8.00. The van der Waals surface area contributed by atoms with Crippen LogP contribution in [0.1, 0.15) is 25.2 Å². The van der Waals surface area contributed by atoms with E-state index in [9.17, 15) is 0 Å². The first-order valence-corrected chi connectivity index (χ1v) is 5.35. The maximum absolute atomic E-state index is 8.85. The summed E-state index contributed by atoms with van der Waals surface area (Å²) in [5.74, 6) is 0.731. The lowest BCUT2D eigenvalue weighted by Gasteiger charge is -2.14. The number of hydrogen-bond donors (Lipinski definition) is 2. The monoisotopic (exact) mass is 226 g/mol. The zero-order valence-electron chi connectivity index (χ0n) is 9.86. The highest BCUT2D eigenvalue weighted by Gasteiger charge is 2.18. The van der Waals surface area contributed by atoms with Gasteiger partial charge in [-0.25, -0.2) is 4.98 Å². The Labute approximate surface area is 100 Å². The van der Waals surface area contributed by atoms with E-state index < -0.39 is 5.54 Å². The molecule has 4 heteroatoms. The molecule has 1 aromatic carbocycles. The second-order valence-electron chi connectivity index (χ2n) is 4.56. The molecule has 0 saturated carbocycles. The fraction of sp³-hybridized carbons (Fsp3) is 0.231. The Hall–Kier alpha value is -2.12. The Morgan fingerprint density at radius 1 is 1.41 bits per heavy atom. The molecule has 1 aromatic heterocycles. The molecule has 0 aliphatic rings. The molecule has 86 valence electrons. The summed E-state index contributed by atoms with van der Waals surface area (Å²) in [6.07, 6.45) is 1.74. The predicted octanol–water partition coefficient (Wildman–Crippen LogP) is 2.14. The van der Waals surface area contributed by atoms with Crippen LogP contribution in [0.3, 0.4) is 0 Å². The van der Waals surface area contributed by atoms with Gasteiger partial charge in [0, 0.05) is 5.56 Å². The molecule has 0 aliphatic carbocycles. The van der Waals surface area contributed by atoms with E-state index in [1.807, 2.05) is 32.0 Å². The number of rotatable bonds is 2. The third-order valence-corrected chi connectivity index (χ3v) is 2.49. The van der Waals surface area contributed by atoms with Gasteiger partial charge in [-0.2, -0.15) is 5.26 Å². The molecule has 2 aromatic rings. The molecule has 0 bridgehead atoms. The van der Waals surface area contributed by atoms with Crippen LogP contribution in [0, 0.1) is 11.3 Å². The molecule has 0 saturated heterocycles. The van der Waals surface area contributed by atoms with Gasteiger partial charge < -0.3 is 10.7 Å². The lowest BCUT2D eigenvalue weighted by atomic mass is 10.1. The van der Waals surface area contributed by atoms with Crippen molar-refractivity contribution in [1.82, 2.24) is 9.97 Å². The van der Waals surface area contributed by atoms with E-state index in [1.165, 1.54) is 0 Å². The van der Waals surface area contributed by atoms with Gasteiger partial charge in [0.05, 0.1) is 29.1 Å². The molecule has 0 amide bonds. The van der Waals surface area contributed by atoms with Crippen molar-refractivity contribution in [2.45, 2.75) is 19.4 Å². The van der Waals surface area contributed by atoms with E-state index in [0.717, 1.165) is 17.1 Å². The highest BCUT2D eigenvalue weighted by atomic mass is 15.0. The van der Waals surface area contributed by atoms with Crippen LogP contribution < -0.4 is 5.73 Å². The zero-order valence-corrected chi connectivity index (χ0v) is 9.86. The number of nitrogens with two attached hydrogens (primary N) is 1. The second kappa shape index (κ2) is 4.04. The first kappa shape index (κ1) is 11.4. The fourth-order valence-corrected chi connectivity index (χ4v) is 1.55. The van der Waals surface area contributed by atoms with Crippen molar-refractivity contribution in [2.75, 3.05) is 0 Å².